The molecule has 0 spiro atoms. The maximum absolute atomic E-state index is 12.9. The van der Waals surface area contributed by atoms with E-state index < -0.39 is 0 Å². The topological polar surface area (TPSA) is 59.0 Å². The minimum absolute atomic E-state index is 0.0625. The van der Waals surface area contributed by atoms with Gasteiger partial charge in [0.05, 0.1) is 25.5 Å². The SMILES string of the molecule is COC(=O)C[C@H](C(=O)N1CCC[C@H]1C1=NC=C(I)C1)C(C)C. The van der Waals surface area contributed by atoms with Gasteiger partial charge in [-0.1, -0.05) is 13.8 Å². The van der Waals surface area contributed by atoms with Crippen molar-refractivity contribution >= 4 is 40.2 Å². The zero-order valence-electron chi connectivity index (χ0n) is 13.3. The van der Waals surface area contributed by atoms with Crippen molar-refractivity contribution in [1.29, 1.82) is 0 Å². The lowest BCUT2D eigenvalue weighted by atomic mass is 9.90. The quantitative estimate of drug-likeness (QED) is 0.510. The highest BCUT2D eigenvalue weighted by Crippen LogP contribution is 2.30. The Morgan fingerprint density at radius 1 is 1.50 bits per heavy atom. The van der Waals surface area contributed by atoms with E-state index in [4.69, 9.17) is 4.74 Å². The monoisotopic (exact) mass is 418 g/mol. The van der Waals surface area contributed by atoms with Crippen LogP contribution < -0.4 is 0 Å². The Bertz CT molecular complexity index is 514. The standard InChI is InChI=1S/C16H23IN2O3/c1-10(2)12(8-15(20)22-3)16(21)19-6-4-5-14(19)13-7-11(17)9-18-13/h9-10,12,14H,4-8H2,1-3H3/t12-,14-/m0/s1. The lowest BCUT2D eigenvalue weighted by Crippen LogP contribution is -2.45. The van der Waals surface area contributed by atoms with Gasteiger partial charge in [-0.15, -0.1) is 0 Å². The van der Waals surface area contributed by atoms with E-state index in [-0.39, 0.29) is 36.2 Å². The molecule has 2 atom stereocenters. The molecule has 22 heavy (non-hydrogen) atoms. The summed E-state index contributed by atoms with van der Waals surface area (Å²) in [4.78, 5) is 30.9. The number of amides is 1. The molecule has 2 heterocycles. The lowest BCUT2D eigenvalue weighted by molar-refractivity contribution is -0.148. The van der Waals surface area contributed by atoms with Gasteiger partial charge in [-0.25, -0.2) is 0 Å². The summed E-state index contributed by atoms with van der Waals surface area (Å²) < 4.78 is 5.95. The molecule has 0 aromatic rings. The Labute approximate surface area is 145 Å². The maximum atomic E-state index is 12.9. The largest absolute Gasteiger partial charge is 0.469 e. The summed E-state index contributed by atoms with van der Waals surface area (Å²) in [6.07, 6.45) is 4.84. The third-order valence-corrected chi connectivity index (χ3v) is 5.04. The van der Waals surface area contributed by atoms with Crippen molar-refractivity contribution in [1.82, 2.24) is 4.90 Å². The Morgan fingerprint density at radius 2 is 2.23 bits per heavy atom. The van der Waals surface area contributed by atoms with Crippen molar-refractivity contribution in [3.63, 3.8) is 0 Å². The number of hydrogen-bond donors (Lipinski definition) is 0. The predicted octanol–water partition coefficient (Wildman–Crippen LogP) is 2.93. The van der Waals surface area contributed by atoms with E-state index in [9.17, 15) is 9.59 Å². The number of allylic oxidation sites excluding steroid dienone is 1. The minimum Gasteiger partial charge on any atom is -0.469 e. The molecule has 122 valence electrons. The van der Waals surface area contributed by atoms with Crippen LogP contribution in [0, 0.1) is 11.8 Å². The molecule has 0 aliphatic carbocycles. The summed E-state index contributed by atoms with van der Waals surface area (Å²) in [7, 11) is 1.36. The average Bonchev–Trinajstić information content (AvgIpc) is 3.11. The molecule has 1 fully saturated rings. The number of aliphatic imine (C=N–C) groups is 1. The molecule has 0 aromatic heterocycles. The van der Waals surface area contributed by atoms with Crippen LogP contribution in [-0.2, 0) is 14.3 Å². The van der Waals surface area contributed by atoms with E-state index in [0.29, 0.717) is 0 Å². The van der Waals surface area contributed by atoms with Crippen molar-refractivity contribution in [3.05, 3.63) is 9.78 Å². The van der Waals surface area contributed by atoms with E-state index in [1.165, 1.54) is 10.7 Å². The molecule has 0 radical (unpaired) electrons. The van der Waals surface area contributed by atoms with Crippen LogP contribution in [0.15, 0.2) is 14.8 Å². The zero-order valence-corrected chi connectivity index (χ0v) is 15.5. The third kappa shape index (κ3) is 3.88. The van der Waals surface area contributed by atoms with Gasteiger partial charge < -0.3 is 9.64 Å². The fourth-order valence-corrected chi connectivity index (χ4v) is 3.61. The van der Waals surface area contributed by atoms with Crippen molar-refractivity contribution in [2.45, 2.75) is 45.6 Å². The van der Waals surface area contributed by atoms with Crippen LogP contribution in [0.1, 0.15) is 39.5 Å². The van der Waals surface area contributed by atoms with Gasteiger partial charge >= 0.3 is 5.97 Å². The van der Waals surface area contributed by atoms with Crippen molar-refractivity contribution in [2.75, 3.05) is 13.7 Å². The van der Waals surface area contributed by atoms with Gasteiger partial charge in [-0.3, -0.25) is 14.6 Å². The smallest absolute Gasteiger partial charge is 0.306 e. The Kier molecular flexibility index (Phi) is 6.00. The fraction of sp³-hybridized carbons (Fsp3) is 0.688. The molecule has 0 saturated carbocycles. The van der Waals surface area contributed by atoms with Crippen molar-refractivity contribution in [3.8, 4) is 0 Å². The number of carbonyl (C=O) groups is 2. The van der Waals surface area contributed by atoms with Gasteiger partial charge in [0, 0.05) is 28.5 Å². The Morgan fingerprint density at radius 3 is 2.77 bits per heavy atom. The van der Waals surface area contributed by atoms with E-state index in [1.54, 1.807) is 0 Å². The first-order valence-corrected chi connectivity index (χ1v) is 8.80. The molecule has 1 amide bonds. The number of halogens is 1. The fourth-order valence-electron chi connectivity index (χ4n) is 3.08. The molecule has 2 aliphatic rings. The summed E-state index contributed by atoms with van der Waals surface area (Å²) in [5, 5.41) is 0. The molecule has 1 saturated heterocycles. The summed E-state index contributed by atoms with van der Waals surface area (Å²) in [5.41, 5.74) is 1.08. The molecular weight excluding hydrogens is 395 g/mol. The maximum Gasteiger partial charge on any atom is 0.306 e. The van der Waals surface area contributed by atoms with Crippen LogP contribution in [0.3, 0.4) is 0 Å². The highest BCUT2D eigenvalue weighted by atomic mass is 127. The molecule has 0 unspecified atom stereocenters. The molecule has 2 rings (SSSR count). The first-order valence-electron chi connectivity index (χ1n) is 7.72. The van der Waals surface area contributed by atoms with E-state index in [2.05, 4.69) is 27.6 Å². The first kappa shape index (κ1) is 17.4. The number of methoxy groups -OCH3 is 1. The number of nitrogens with zero attached hydrogens (tertiary/aromatic N) is 2. The number of likely N-dealkylation sites (tertiary alicyclic amines) is 1. The summed E-state index contributed by atoms with van der Waals surface area (Å²) in [6, 6.07) is 0.0925. The lowest BCUT2D eigenvalue weighted by Gasteiger charge is -2.30. The van der Waals surface area contributed by atoms with Gasteiger partial charge in [0.2, 0.25) is 5.91 Å². The van der Waals surface area contributed by atoms with Crippen LogP contribution in [0.25, 0.3) is 0 Å². The van der Waals surface area contributed by atoms with E-state index >= 15 is 0 Å². The number of hydrogen-bond acceptors (Lipinski definition) is 4. The molecule has 6 heteroatoms. The normalized spacial score (nSPS) is 22.6. The zero-order chi connectivity index (χ0) is 16.3. The second-order valence-electron chi connectivity index (χ2n) is 6.19. The Balaban J connectivity index is 2.10. The molecule has 5 nitrogen and oxygen atoms in total. The Hall–Kier alpha value is -0.920. The average molecular weight is 418 g/mol. The van der Waals surface area contributed by atoms with Gasteiger partial charge in [0.1, 0.15) is 0 Å². The van der Waals surface area contributed by atoms with Crippen LogP contribution >= 0.6 is 22.6 Å². The van der Waals surface area contributed by atoms with Crippen molar-refractivity contribution in [2.24, 2.45) is 16.8 Å². The van der Waals surface area contributed by atoms with Gasteiger partial charge in [-0.2, -0.15) is 0 Å². The summed E-state index contributed by atoms with van der Waals surface area (Å²) >= 11 is 2.28. The van der Waals surface area contributed by atoms with Gasteiger partial charge in [0.15, 0.2) is 0 Å². The molecule has 0 aromatic carbocycles. The summed E-state index contributed by atoms with van der Waals surface area (Å²) in [5.74, 6) is -0.469. The second kappa shape index (κ2) is 7.57. The minimum atomic E-state index is -0.322. The highest BCUT2D eigenvalue weighted by Gasteiger charge is 2.38. The molecule has 2 aliphatic heterocycles. The van der Waals surface area contributed by atoms with Crippen LogP contribution in [0.4, 0.5) is 0 Å². The molecule has 0 bridgehead atoms. The van der Waals surface area contributed by atoms with Gasteiger partial charge in [-0.05, 0) is 41.4 Å². The van der Waals surface area contributed by atoms with Crippen LogP contribution in [0.2, 0.25) is 0 Å². The van der Waals surface area contributed by atoms with Crippen LogP contribution in [0.5, 0.6) is 0 Å². The number of rotatable bonds is 5. The van der Waals surface area contributed by atoms with Crippen LogP contribution in [-0.4, -0.2) is 42.2 Å². The predicted molar refractivity (Wildman–Crippen MR) is 93.9 cm³/mol. The third-order valence-electron chi connectivity index (χ3n) is 4.38. The molecule has 0 N–H and O–H groups in total. The summed E-state index contributed by atoms with van der Waals surface area (Å²) in [6.45, 7) is 4.71. The number of esters is 1. The highest BCUT2D eigenvalue weighted by molar-refractivity contribution is 14.1. The van der Waals surface area contributed by atoms with Crippen molar-refractivity contribution < 1.29 is 14.3 Å². The van der Waals surface area contributed by atoms with E-state index in [0.717, 1.165) is 31.5 Å². The number of carbonyl (C=O) groups excluding carboxylic acids is 2. The number of ether oxygens (including phenoxy) is 1. The van der Waals surface area contributed by atoms with E-state index in [1.807, 2.05) is 24.9 Å². The first-order chi connectivity index (χ1) is 10.4. The molecular formula is C16H23IN2O3. The second-order valence-corrected chi connectivity index (χ2v) is 7.58. The van der Waals surface area contributed by atoms with Gasteiger partial charge in [0.25, 0.3) is 0 Å².